The Morgan fingerprint density at radius 3 is 2.55 bits per heavy atom. The quantitative estimate of drug-likeness (QED) is 0.417. The highest BCUT2D eigenvalue weighted by Gasteiger charge is 2.59. The molecule has 3 aliphatic carbocycles. The van der Waals surface area contributed by atoms with Crippen LogP contribution in [-0.2, 0) is 0 Å². The minimum atomic E-state index is 0.232. The van der Waals surface area contributed by atoms with E-state index in [4.69, 9.17) is 12.6 Å². The van der Waals surface area contributed by atoms with Crippen molar-refractivity contribution in [2.45, 2.75) is 38.4 Å². The van der Waals surface area contributed by atoms with Gasteiger partial charge in [-0.05, 0) is 31.1 Å². The largest absolute Gasteiger partial charge is 0.167 e. The second-order valence-corrected chi connectivity index (χ2v) is 5.37. The second kappa shape index (κ2) is 1.87. The number of thiol groups is 1. The van der Waals surface area contributed by atoms with Gasteiger partial charge in [-0.25, -0.2) is 0 Å². The molecule has 0 aromatic rings. The molecule has 0 amide bonds. The molecule has 0 N–H and O–H groups in total. The zero-order valence-electron chi connectivity index (χ0n) is 7.52. The number of rotatable bonds is 0. The Labute approximate surface area is 74.5 Å². The molecular weight excluding hydrogens is 152 g/mol. The van der Waals surface area contributed by atoms with Crippen molar-refractivity contribution in [3.8, 4) is 0 Å². The van der Waals surface area contributed by atoms with Crippen LogP contribution >= 0.6 is 12.6 Å². The summed E-state index contributed by atoms with van der Waals surface area (Å²) in [5, 5.41) is 0. The van der Waals surface area contributed by atoms with Gasteiger partial charge >= 0.3 is 0 Å². The molecule has 1 saturated carbocycles. The van der Waals surface area contributed by atoms with E-state index < -0.39 is 0 Å². The first kappa shape index (κ1) is 7.72. The Hall–Kier alpha value is 0.0900. The summed E-state index contributed by atoms with van der Waals surface area (Å²) < 4.78 is 0.232. The molecule has 0 heterocycles. The molecule has 1 fully saturated rings. The Morgan fingerprint density at radius 1 is 1.55 bits per heavy atom. The van der Waals surface area contributed by atoms with E-state index in [1.54, 1.807) is 0 Å². The van der Waals surface area contributed by atoms with Crippen LogP contribution in [-0.4, -0.2) is 4.75 Å². The molecule has 0 aromatic heterocycles. The Balaban J connectivity index is 2.42. The van der Waals surface area contributed by atoms with Crippen LogP contribution in [0.5, 0.6) is 0 Å². The van der Waals surface area contributed by atoms with Crippen LogP contribution in [0, 0.1) is 11.3 Å². The summed E-state index contributed by atoms with van der Waals surface area (Å²) in [6.45, 7) is 6.93. The van der Waals surface area contributed by atoms with Gasteiger partial charge in [0.2, 0.25) is 0 Å². The molecule has 2 atom stereocenters. The highest BCUT2D eigenvalue weighted by molar-refractivity contribution is 7.82. The lowest BCUT2D eigenvalue weighted by atomic mass is 9.48. The smallest absolute Gasteiger partial charge is 0.0391 e. The van der Waals surface area contributed by atoms with Gasteiger partial charge in [-0.2, -0.15) is 12.6 Å². The van der Waals surface area contributed by atoms with Gasteiger partial charge < -0.3 is 0 Å². The van der Waals surface area contributed by atoms with Gasteiger partial charge in [0.1, 0.15) is 0 Å². The van der Waals surface area contributed by atoms with Gasteiger partial charge in [0, 0.05) is 4.75 Å². The zero-order chi connectivity index (χ0) is 8.28. The van der Waals surface area contributed by atoms with Gasteiger partial charge in [-0.15, -0.1) is 0 Å². The van der Waals surface area contributed by atoms with Crippen molar-refractivity contribution >= 4 is 12.6 Å². The Bertz CT molecular complexity index is 227. The molecule has 3 aliphatic rings. The lowest BCUT2D eigenvalue weighted by molar-refractivity contribution is 0.0237. The molecule has 0 saturated heterocycles. The van der Waals surface area contributed by atoms with Gasteiger partial charge in [0.25, 0.3) is 0 Å². The summed E-state index contributed by atoms with van der Waals surface area (Å²) in [5.41, 5.74) is 1.93. The van der Waals surface area contributed by atoms with E-state index in [-0.39, 0.29) is 4.75 Å². The van der Waals surface area contributed by atoms with E-state index in [1.807, 2.05) is 0 Å². The van der Waals surface area contributed by atoms with Crippen LogP contribution in [0.2, 0.25) is 0 Å². The van der Waals surface area contributed by atoms with Gasteiger partial charge in [0.15, 0.2) is 0 Å². The maximum atomic E-state index is 4.79. The van der Waals surface area contributed by atoms with Crippen molar-refractivity contribution in [1.82, 2.24) is 0 Å². The third kappa shape index (κ3) is 0.683. The monoisotopic (exact) mass is 168 g/mol. The average molecular weight is 168 g/mol. The Kier molecular flexibility index (Phi) is 1.32. The fourth-order valence-electron chi connectivity index (χ4n) is 2.62. The van der Waals surface area contributed by atoms with Crippen molar-refractivity contribution in [3.63, 3.8) is 0 Å². The lowest BCUT2D eigenvalue weighted by Gasteiger charge is -2.63. The summed E-state index contributed by atoms with van der Waals surface area (Å²) in [7, 11) is 0. The van der Waals surface area contributed by atoms with Crippen LogP contribution in [0.3, 0.4) is 0 Å². The molecule has 1 heteroatoms. The fraction of sp³-hybridized carbons (Fsp3) is 0.800. The first-order valence-corrected chi connectivity index (χ1v) is 4.83. The molecule has 0 aromatic carbocycles. The molecule has 0 spiro atoms. The van der Waals surface area contributed by atoms with E-state index in [0.29, 0.717) is 5.41 Å². The van der Waals surface area contributed by atoms with Crippen molar-refractivity contribution in [1.29, 1.82) is 0 Å². The average Bonchev–Trinajstić information content (AvgIpc) is 1.94. The molecule has 11 heavy (non-hydrogen) atoms. The molecule has 62 valence electrons. The molecule has 0 nitrogen and oxygen atoms in total. The number of allylic oxidation sites excluding steroid dienone is 1. The van der Waals surface area contributed by atoms with E-state index in [2.05, 4.69) is 26.8 Å². The Morgan fingerprint density at radius 2 is 2.18 bits per heavy atom. The van der Waals surface area contributed by atoms with Crippen LogP contribution in [0.1, 0.15) is 33.6 Å². The van der Waals surface area contributed by atoms with E-state index >= 15 is 0 Å². The summed E-state index contributed by atoms with van der Waals surface area (Å²) in [6.07, 6.45) is 4.94. The fourth-order valence-corrected chi connectivity index (χ4v) is 3.11. The van der Waals surface area contributed by atoms with Gasteiger partial charge in [-0.3, -0.25) is 0 Å². The highest BCUT2D eigenvalue weighted by Crippen LogP contribution is 2.65. The predicted octanol–water partition coefficient (Wildman–Crippen LogP) is 3.05. The first-order chi connectivity index (χ1) is 4.98. The maximum absolute atomic E-state index is 4.79. The number of hydrogen-bond donors (Lipinski definition) is 1. The van der Waals surface area contributed by atoms with Crippen LogP contribution in [0.4, 0.5) is 0 Å². The van der Waals surface area contributed by atoms with Crippen molar-refractivity contribution in [2.24, 2.45) is 11.3 Å². The standard InChI is InChI=1S/C10H16S/c1-7-4-5-8-6-10(7,11)9(8,2)3/h4,8,11H,5-6H2,1-3H3. The van der Waals surface area contributed by atoms with Crippen molar-refractivity contribution in [2.75, 3.05) is 0 Å². The summed E-state index contributed by atoms with van der Waals surface area (Å²) in [5.74, 6) is 0.892. The van der Waals surface area contributed by atoms with Gasteiger partial charge in [-0.1, -0.05) is 25.5 Å². The SMILES string of the molecule is CC1=CCC2CC1(S)C2(C)C. The van der Waals surface area contributed by atoms with E-state index in [9.17, 15) is 0 Å². The molecule has 0 aliphatic heterocycles. The zero-order valence-corrected chi connectivity index (χ0v) is 8.41. The third-order valence-electron chi connectivity index (χ3n) is 3.99. The van der Waals surface area contributed by atoms with Crippen LogP contribution in [0.15, 0.2) is 11.6 Å². The normalized spacial score (nSPS) is 46.2. The minimum Gasteiger partial charge on any atom is -0.167 e. The van der Waals surface area contributed by atoms with Gasteiger partial charge in [0.05, 0.1) is 0 Å². The first-order valence-electron chi connectivity index (χ1n) is 4.38. The third-order valence-corrected chi connectivity index (χ3v) is 5.10. The molecule has 2 unspecified atom stereocenters. The second-order valence-electron chi connectivity index (χ2n) is 4.61. The van der Waals surface area contributed by atoms with E-state index in [1.165, 1.54) is 18.4 Å². The summed E-state index contributed by atoms with van der Waals surface area (Å²) in [6, 6.07) is 0. The number of fused-ring (bicyclic) bond motifs is 1. The van der Waals surface area contributed by atoms with Crippen molar-refractivity contribution < 1.29 is 0 Å². The van der Waals surface area contributed by atoms with Crippen LogP contribution in [0.25, 0.3) is 0 Å². The minimum absolute atomic E-state index is 0.232. The highest BCUT2D eigenvalue weighted by atomic mass is 32.1. The van der Waals surface area contributed by atoms with E-state index in [0.717, 1.165) is 5.92 Å². The molecule has 0 radical (unpaired) electrons. The lowest BCUT2D eigenvalue weighted by Crippen LogP contribution is -2.59. The topological polar surface area (TPSA) is 0 Å². The van der Waals surface area contributed by atoms with Crippen molar-refractivity contribution in [3.05, 3.63) is 11.6 Å². The molecule has 2 bridgehead atoms. The number of hydrogen-bond acceptors (Lipinski definition) is 1. The summed E-state index contributed by atoms with van der Waals surface area (Å²) >= 11 is 4.79. The maximum Gasteiger partial charge on any atom is 0.0391 e. The molecule has 3 rings (SSSR count). The predicted molar refractivity (Wildman–Crippen MR) is 52.0 cm³/mol. The summed E-state index contributed by atoms with van der Waals surface area (Å²) in [4.78, 5) is 0. The molecular formula is C10H16S. The van der Waals surface area contributed by atoms with Crippen LogP contribution < -0.4 is 0 Å².